The van der Waals surface area contributed by atoms with E-state index in [0.717, 1.165) is 6.20 Å². The van der Waals surface area contributed by atoms with E-state index < -0.39 is 17.5 Å². The van der Waals surface area contributed by atoms with Gasteiger partial charge in [-0.2, -0.15) is 0 Å². The average molecular weight is 381 g/mol. The molecular formula is C18H13F2N7O. The summed E-state index contributed by atoms with van der Waals surface area (Å²) < 4.78 is 28.1. The van der Waals surface area contributed by atoms with Crippen molar-refractivity contribution in [2.75, 3.05) is 5.32 Å². The smallest absolute Gasteiger partial charge is 0.254 e. The number of fused-ring (bicyclic) bond motifs is 1. The average Bonchev–Trinajstić information content (AvgIpc) is 3.10. The lowest BCUT2D eigenvalue weighted by molar-refractivity contribution is 0.100. The fourth-order valence-electron chi connectivity index (χ4n) is 2.63. The molecule has 0 aliphatic rings. The van der Waals surface area contributed by atoms with Gasteiger partial charge in [-0.15, -0.1) is 0 Å². The maximum Gasteiger partial charge on any atom is 0.254 e. The monoisotopic (exact) mass is 381 g/mol. The number of anilines is 1. The van der Waals surface area contributed by atoms with Crippen LogP contribution < -0.4 is 11.1 Å². The number of aromatic nitrogens is 5. The first-order valence-corrected chi connectivity index (χ1v) is 8.15. The van der Waals surface area contributed by atoms with Crippen molar-refractivity contribution in [2.45, 2.75) is 6.54 Å². The van der Waals surface area contributed by atoms with E-state index in [4.69, 9.17) is 5.73 Å². The van der Waals surface area contributed by atoms with E-state index in [2.05, 4.69) is 25.3 Å². The van der Waals surface area contributed by atoms with Crippen molar-refractivity contribution in [1.82, 2.24) is 24.3 Å². The number of rotatable bonds is 5. The van der Waals surface area contributed by atoms with E-state index in [1.807, 2.05) is 0 Å². The van der Waals surface area contributed by atoms with Crippen LogP contribution in [0.1, 0.15) is 16.1 Å². The minimum absolute atomic E-state index is 0.0749. The summed E-state index contributed by atoms with van der Waals surface area (Å²) in [5.41, 5.74) is 6.96. The molecule has 4 heterocycles. The van der Waals surface area contributed by atoms with Gasteiger partial charge in [0.05, 0.1) is 30.2 Å². The number of carbonyl (C=O) groups excluding carboxylic acids is 1. The van der Waals surface area contributed by atoms with Crippen LogP contribution in [0.4, 0.5) is 14.6 Å². The number of pyridine rings is 2. The van der Waals surface area contributed by atoms with Gasteiger partial charge in [0.15, 0.2) is 5.82 Å². The molecule has 0 saturated heterocycles. The highest BCUT2D eigenvalue weighted by Crippen LogP contribution is 2.21. The van der Waals surface area contributed by atoms with Crippen LogP contribution in [0.5, 0.6) is 0 Å². The van der Waals surface area contributed by atoms with E-state index in [1.54, 1.807) is 0 Å². The molecule has 1 amide bonds. The van der Waals surface area contributed by atoms with Crippen LogP contribution in [-0.4, -0.2) is 30.2 Å². The molecular weight excluding hydrogens is 368 g/mol. The third-order valence-electron chi connectivity index (χ3n) is 3.98. The van der Waals surface area contributed by atoms with E-state index in [9.17, 15) is 13.6 Å². The summed E-state index contributed by atoms with van der Waals surface area (Å²) >= 11 is 0. The van der Waals surface area contributed by atoms with Gasteiger partial charge in [-0.05, 0) is 24.3 Å². The first-order chi connectivity index (χ1) is 13.5. The van der Waals surface area contributed by atoms with Crippen LogP contribution in [0, 0.1) is 11.6 Å². The molecule has 0 aromatic carbocycles. The summed E-state index contributed by atoms with van der Waals surface area (Å²) in [7, 11) is 0. The van der Waals surface area contributed by atoms with Crippen molar-refractivity contribution in [3.63, 3.8) is 0 Å². The van der Waals surface area contributed by atoms with Crippen LogP contribution in [0.3, 0.4) is 0 Å². The lowest BCUT2D eigenvalue weighted by Crippen LogP contribution is -2.17. The van der Waals surface area contributed by atoms with Gasteiger partial charge in [0.1, 0.15) is 28.8 Å². The topological polar surface area (TPSA) is 111 Å². The number of primary amides is 1. The summed E-state index contributed by atoms with van der Waals surface area (Å²) in [6.07, 6.45) is 5.13. The van der Waals surface area contributed by atoms with Crippen molar-refractivity contribution in [2.24, 2.45) is 5.73 Å². The predicted molar refractivity (Wildman–Crippen MR) is 96.2 cm³/mol. The summed E-state index contributed by atoms with van der Waals surface area (Å²) in [5.74, 6) is -1.22. The standard InChI is InChI=1S/C18H13F2N7O/c19-10-1-3-12(22-5-10)6-24-17-13(16(21)28)7-25-18(26-17)14-8-23-15-4-2-11(20)9-27(14)15/h1-5,7-9H,6H2,(H2,21,28)(H,24,25,26). The van der Waals surface area contributed by atoms with Crippen LogP contribution in [0.25, 0.3) is 17.2 Å². The molecule has 0 fully saturated rings. The molecule has 140 valence electrons. The maximum absolute atomic E-state index is 13.6. The number of halogens is 2. The molecule has 0 atom stereocenters. The number of carbonyl (C=O) groups is 1. The SMILES string of the molecule is NC(=O)c1cnc(-c2cnc3ccc(F)cn23)nc1NCc1ccc(F)cn1. The molecule has 3 N–H and O–H groups in total. The van der Waals surface area contributed by atoms with Gasteiger partial charge in [-0.25, -0.2) is 23.7 Å². The van der Waals surface area contributed by atoms with Gasteiger partial charge in [0, 0.05) is 12.4 Å². The number of nitrogens with two attached hydrogens (primary N) is 1. The largest absolute Gasteiger partial charge is 0.365 e. The lowest BCUT2D eigenvalue weighted by atomic mass is 10.2. The Balaban J connectivity index is 1.71. The second kappa shape index (κ2) is 6.99. The number of nitrogens with one attached hydrogen (secondary N) is 1. The highest BCUT2D eigenvalue weighted by atomic mass is 19.1. The first kappa shape index (κ1) is 17.5. The van der Waals surface area contributed by atoms with Crippen LogP contribution in [0.15, 0.2) is 49.1 Å². The lowest BCUT2D eigenvalue weighted by Gasteiger charge is -2.10. The summed E-state index contributed by atoms with van der Waals surface area (Å²) in [6.45, 7) is 0.179. The molecule has 4 aromatic rings. The molecule has 0 radical (unpaired) electrons. The van der Waals surface area contributed by atoms with Crippen molar-refractivity contribution in [3.05, 3.63) is 71.9 Å². The molecule has 8 nitrogen and oxygen atoms in total. The molecule has 0 spiro atoms. The minimum atomic E-state index is -0.717. The van der Waals surface area contributed by atoms with E-state index in [0.29, 0.717) is 17.0 Å². The third-order valence-corrected chi connectivity index (χ3v) is 3.98. The Hall–Kier alpha value is -3.95. The highest BCUT2D eigenvalue weighted by molar-refractivity contribution is 5.97. The van der Waals surface area contributed by atoms with Gasteiger partial charge in [0.2, 0.25) is 0 Å². The molecule has 10 heteroatoms. The first-order valence-electron chi connectivity index (χ1n) is 8.15. The molecule has 0 aliphatic carbocycles. The molecule has 0 saturated carbocycles. The Morgan fingerprint density at radius 1 is 1.04 bits per heavy atom. The fraction of sp³-hybridized carbons (Fsp3) is 0.0556. The Labute approximate surface area is 157 Å². The molecule has 4 rings (SSSR count). The molecule has 0 bridgehead atoms. The Bertz CT molecular complexity index is 1170. The van der Waals surface area contributed by atoms with Crippen molar-refractivity contribution < 1.29 is 13.6 Å². The number of hydrogen-bond acceptors (Lipinski definition) is 6. The zero-order valence-corrected chi connectivity index (χ0v) is 14.3. The molecule has 0 unspecified atom stereocenters. The Morgan fingerprint density at radius 2 is 1.86 bits per heavy atom. The number of nitrogens with zero attached hydrogens (tertiary/aromatic N) is 5. The van der Waals surface area contributed by atoms with Gasteiger partial charge in [-0.1, -0.05) is 0 Å². The van der Waals surface area contributed by atoms with Gasteiger partial charge in [0.25, 0.3) is 5.91 Å². The third kappa shape index (κ3) is 3.34. The van der Waals surface area contributed by atoms with Crippen molar-refractivity contribution in [3.8, 4) is 11.5 Å². The van der Waals surface area contributed by atoms with Crippen molar-refractivity contribution >= 4 is 17.4 Å². The fourth-order valence-corrected chi connectivity index (χ4v) is 2.63. The van der Waals surface area contributed by atoms with E-state index >= 15 is 0 Å². The van der Waals surface area contributed by atoms with E-state index in [-0.39, 0.29) is 23.8 Å². The summed E-state index contributed by atoms with van der Waals surface area (Å²) in [5, 5.41) is 2.95. The molecule has 28 heavy (non-hydrogen) atoms. The Morgan fingerprint density at radius 3 is 2.61 bits per heavy atom. The number of amides is 1. The minimum Gasteiger partial charge on any atom is -0.365 e. The highest BCUT2D eigenvalue weighted by Gasteiger charge is 2.16. The Kier molecular flexibility index (Phi) is 4.36. The molecule has 0 aliphatic heterocycles. The second-order valence-corrected chi connectivity index (χ2v) is 5.86. The summed E-state index contributed by atoms with van der Waals surface area (Å²) in [4.78, 5) is 28.3. The quantitative estimate of drug-likeness (QED) is 0.548. The molecule has 4 aromatic heterocycles. The maximum atomic E-state index is 13.6. The normalized spacial score (nSPS) is 10.9. The number of hydrogen-bond donors (Lipinski definition) is 2. The van der Waals surface area contributed by atoms with Gasteiger partial charge < -0.3 is 11.1 Å². The van der Waals surface area contributed by atoms with Crippen molar-refractivity contribution in [1.29, 1.82) is 0 Å². The van der Waals surface area contributed by atoms with Gasteiger partial charge in [-0.3, -0.25) is 14.2 Å². The van der Waals surface area contributed by atoms with Gasteiger partial charge >= 0.3 is 0 Å². The zero-order valence-electron chi connectivity index (χ0n) is 14.3. The summed E-state index contributed by atoms with van der Waals surface area (Å²) in [6, 6.07) is 5.60. The van der Waals surface area contributed by atoms with Crippen LogP contribution >= 0.6 is 0 Å². The predicted octanol–water partition coefficient (Wildman–Crippen LogP) is 2.18. The van der Waals surface area contributed by atoms with Crippen LogP contribution in [-0.2, 0) is 6.54 Å². The van der Waals surface area contributed by atoms with Crippen LogP contribution in [0.2, 0.25) is 0 Å². The second-order valence-electron chi connectivity index (χ2n) is 5.86. The zero-order chi connectivity index (χ0) is 19.7. The van der Waals surface area contributed by atoms with E-state index in [1.165, 1.54) is 47.3 Å². The number of imidazole rings is 1.